The predicted octanol–water partition coefficient (Wildman–Crippen LogP) is 5.57. The molecule has 2 aliphatic heterocycles. The highest BCUT2D eigenvalue weighted by molar-refractivity contribution is 7.87. The molecule has 20 nitrogen and oxygen atoms in total. The zero-order valence-electron chi connectivity index (χ0n) is 38.6. The van der Waals surface area contributed by atoms with Crippen molar-refractivity contribution >= 4 is 95.2 Å². The number of benzene rings is 4. The quantitative estimate of drug-likeness (QED) is 0.0461. The molecule has 25 heteroatoms. The molecule has 2 heterocycles. The van der Waals surface area contributed by atoms with Crippen molar-refractivity contribution in [2.75, 3.05) is 37.5 Å². The van der Waals surface area contributed by atoms with Gasteiger partial charge >= 0.3 is 5.97 Å². The first-order valence-electron chi connectivity index (χ1n) is 21.7. The normalized spacial score (nSPS) is 18.1. The van der Waals surface area contributed by atoms with Gasteiger partial charge < -0.3 is 37.5 Å². The molecule has 0 bridgehead atoms. The lowest BCUT2D eigenvalue weighted by Gasteiger charge is -2.31. The molecule has 0 saturated carbocycles. The number of nitrogens with zero attached hydrogens (tertiary/aromatic N) is 2. The summed E-state index contributed by atoms with van der Waals surface area (Å²) in [6.45, 7) is 5.95. The number of carboxylic acids is 1. The maximum atomic E-state index is 12.5. The van der Waals surface area contributed by atoms with Crippen LogP contribution in [0.5, 0.6) is 0 Å². The van der Waals surface area contributed by atoms with E-state index in [4.69, 9.17) is 4.74 Å². The summed E-state index contributed by atoms with van der Waals surface area (Å²) in [6, 6.07) is 8.80. The molecular weight excluding hydrogens is 1040 g/mol. The van der Waals surface area contributed by atoms with Gasteiger partial charge in [0, 0.05) is 65.7 Å². The van der Waals surface area contributed by atoms with Gasteiger partial charge in [-0.2, -0.15) is 4.58 Å². The molecule has 4 aromatic rings. The van der Waals surface area contributed by atoms with Crippen molar-refractivity contribution in [2.24, 2.45) is 0 Å². The number of unbranched alkanes of at least 4 members (excludes halogenated alkanes) is 2. The van der Waals surface area contributed by atoms with Crippen LogP contribution in [0.2, 0.25) is 0 Å². The van der Waals surface area contributed by atoms with Gasteiger partial charge in [0.1, 0.15) is 47.1 Å². The molecule has 1 atom stereocenters. The number of rotatable bonds is 21. The minimum atomic E-state index is -5.38. The van der Waals surface area contributed by atoms with Crippen LogP contribution in [-0.2, 0) is 71.0 Å². The van der Waals surface area contributed by atoms with Crippen molar-refractivity contribution in [1.82, 2.24) is 0 Å². The van der Waals surface area contributed by atoms with Crippen molar-refractivity contribution in [3.05, 3.63) is 108 Å². The fourth-order valence-electron chi connectivity index (χ4n) is 9.57. The monoisotopic (exact) mass is 1090 g/mol. The molecular formula is C47H52N2O18S5-4. The zero-order valence-corrected chi connectivity index (χ0v) is 42.6. The maximum Gasteiger partial charge on any atom is 0.303 e. The molecule has 72 heavy (non-hydrogen) atoms. The lowest BCUT2D eigenvalue weighted by Crippen LogP contribution is -2.30. The van der Waals surface area contributed by atoms with E-state index in [-0.39, 0.29) is 73.5 Å². The van der Waals surface area contributed by atoms with Gasteiger partial charge in [0.15, 0.2) is 12.3 Å². The predicted molar refractivity (Wildman–Crippen MR) is 261 cm³/mol. The van der Waals surface area contributed by atoms with E-state index < -0.39 is 92.7 Å². The lowest BCUT2D eigenvalue weighted by molar-refractivity contribution is -0.441. The highest BCUT2D eigenvalue weighted by Crippen LogP contribution is 2.54. The zero-order chi connectivity index (χ0) is 52.7. The van der Waals surface area contributed by atoms with E-state index in [1.54, 1.807) is 74.3 Å². The lowest BCUT2D eigenvalue weighted by atomic mass is 9.75. The first-order chi connectivity index (χ1) is 32.8. The number of hydrogen-bond acceptors (Lipinski definition) is 18. The Bertz CT molecular complexity index is 3580. The Hall–Kier alpha value is -5.19. The first-order valence-corrected chi connectivity index (χ1v) is 28.9. The summed E-state index contributed by atoms with van der Waals surface area (Å²) < 4.78 is 191. The standard InChI is InChI=1S/C46H52N2O18S5.CH4/c1-45(2)40(48(23-24-66-4)36-19-17-32-34(43(36)45)26-30(68(54,55)56)28-38(32)70(60,61)62)14-9-6-5-7-10-15-41-46(3,21-13-25-67(51,52)53)44-35-27-31(69(57,58)59)29-39(71(63,64)65)33(35)18-20-37(44)47(41)22-12-8-11-16-42(49)50;/h5-7,9-10,14-15,17-20,26-29H,8,11-13,16,21-25H2,1-4H3,(H5-,49,50,51,52,53,54,55,56,57,58,59,60,61,62,63,64,65);1H4/p-4. The van der Waals surface area contributed by atoms with E-state index in [2.05, 4.69) is 0 Å². The Labute approximate surface area is 419 Å². The Morgan fingerprint density at radius 3 is 1.75 bits per heavy atom. The third-order valence-electron chi connectivity index (χ3n) is 12.6. The molecule has 392 valence electrons. The number of aliphatic carboxylic acids is 1. The number of fused-ring (bicyclic) bond motifs is 6. The van der Waals surface area contributed by atoms with Crippen LogP contribution in [0.1, 0.15) is 77.8 Å². The summed E-state index contributed by atoms with van der Waals surface area (Å²) >= 11 is 0. The van der Waals surface area contributed by atoms with Crippen LogP contribution >= 0.6 is 0 Å². The summed E-state index contributed by atoms with van der Waals surface area (Å²) in [5.41, 5.74) is 0.390. The van der Waals surface area contributed by atoms with E-state index in [0.717, 1.165) is 12.1 Å². The Kier molecular flexibility index (Phi) is 17.1. The van der Waals surface area contributed by atoms with E-state index >= 15 is 0 Å². The highest BCUT2D eigenvalue weighted by Gasteiger charge is 2.47. The van der Waals surface area contributed by atoms with Gasteiger partial charge in [-0.15, -0.1) is 0 Å². The number of carbonyl (C=O) groups is 1. The van der Waals surface area contributed by atoms with Crippen molar-refractivity contribution < 1.29 is 84.1 Å². The summed E-state index contributed by atoms with van der Waals surface area (Å²) in [6.07, 6.45) is 12.4. The SMILES string of the molecule is C.COCC[N+]1=C(/C=C/C=C/C=C/C=C2/N(CCCCCC(=O)O)c3ccc4c(S(=O)(=O)[O-])cc(S(=O)(=O)[O-])cc4c3C2(C)CCCS(=O)(=O)[O-])C(C)(C)c2c1ccc1c(S(=O)(=O)[O-])cc(S(=O)(=O)[O-])cc21. The Morgan fingerprint density at radius 2 is 1.22 bits per heavy atom. The van der Waals surface area contributed by atoms with Gasteiger partial charge in [0.25, 0.3) is 0 Å². The van der Waals surface area contributed by atoms with Crippen molar-refractivity contribution in [1.29, 1.82) is 0 Å². The van der Waals surface area contributed by atoms with Gasteiger partial charge in [0.2, 0.25) is 5.69 Å². The van der Waals surface area contributed by atoms with Gasteiger partial charge in [-0.05, 0) is 111 Å². The van der Waals surface area contributed by atoms with Gasteiger partial charge in [-0.1, -0.05) is 50.3 Å². The van der Waals surface area contributed by atoms with Crippen LogP contribution in [-0.4, -0.2) is 119 Å². The van der Waals surface area contributed by atoms with Gasteiger partial charge in [0.05, 0.1) is 35.1 Å². The highest BCUT2D eigenvalue weighted by atomic mass is 32.2. The smallest absolute Gasteiger partial charge is 0.303 e. The molecule has 4 aromatic carbocycles. The largest absolute Gasteiger partial charge is 0.748 e. The van der Waals surface area contributed by atoms with Crippen molar-refractivity contribution in [2.45, 2.75) is 97.1 Å². The maximum absolute atomic E-state index is 12.5. The average Bonchev–Trinajstić information content (AvgIpc) is 3.61. The minimum absolute atomic E-state index is 0. The molecule has 0 aliphatic carbocycles. The second-order valence-electron chi connectivity index (χ2n) is 17.7. The van der Waals surface area contributed by atoms with E-state index in [9.17, 15) is 74.8 Å². The van der Waals surface area contributed by atoms with Gasteiger partial charge in [-0.3, -0.25) is 4.79 Å². The van der Waals surface area contributed by atoms with Crippen LogP contribution in [0.4, 0.5) is 11.4 Å². The summed E-state index contributed by atoms with van der Waals surface area (Å²) in [5.74, 6) is -1.80. The fraction of sp³-hybridized carbons (Fsp3) is 0.362. The number of ether oxygens (including phenoxy) is 1. The summed E-state index contributed by atoms with van der Waals surface area (Å²) in [5, 5.41) is 8.90. The van der Waals surface area contributed by atoms with Crippen molar-refractivity contribution in [3.63, 3.8) is 0 Å². The molecule has 2 aliphatic rings. The van der Waals surface area contributed by atoms with E-state index in [0.29, 0.717) is 59.7 Å². The number of anilines is 1. The molecule has 0 spiro atoms. The van der Waals surface area contributed by atoms with Crippen LogP contribution < -0.4 is 4.90 Å². The molecule has 1 N–H and O–H groups in total. The second kappa shape index (κ2) is 21.3. The molecule has 0 amide bonds. The van der Waals surface area contributed by atoms with E-state index in [1.165, 1.54) is 25.3 Å². The van der Waals surface area contributed by atoms with E-state index in [1.807, 2.05) is 4.58 Å². The first kappa shape index (κ1) is 57.7. The third-order valence-corrected chi connectivity index (χ3v) is 16.7. The van der Waals surface area contributed by atoms with Crippen LogP contribution in [0.15, 0.2) is 116 Å². The van der Waals surface area contributed by atoms with Crippen LogP contribution in [0.25, 0.3) is 21.5 Å². The average molecular weight is 1090 g/mol. The number of allylic oxidation sites excluding steroid dienone is 8. The number of methoxy groups -OCH3 is 1. The molecule has 6 rings (SSSR count). The van der Waals surface area contributed by atoms with Gasteiger partial charge in [-0.25, -0.2) is 42.1 Å². The Balaban J connectivity index is 0.00000963. The Morgan fingerprint density at radius 1 is 0.681 bits per heavy atom. The third kappa shape index (κ3) is 12.2. The molecule has 0 saturated heterocycles. The molecule has 0 fully saturated rings. The number of hydrogen-bond donors (Lipinski definition) is 1. The fourth-order valence-corrected chi connectivity index (χ4v) is 12.7. The molecule has 0 aromatic heterocycles. The second-order valence-corrected chi connectivity index (χ2v) is 24.6. The van der Waals surface area contributed by atoms with Crippen LogP contribution in [0, 0.1) is 0 Å². The molecule has 1 unspecified atom stereocenters. The van der Waals surface area contributed by atoms with Crippen molar-refractivity contribution in [3.8, 4) is 0 Å². The molecule has 0 radical (unpaired) electrons. The minimum Gasteiger partial charge on any atom is -0.748 e. The topological polar surface area (TPSA) is 339 Å². The van der Waals surface area contributed by atoms with Crippen LogP contribution in [0.3, 0.4) is 0 Å². The number of carboxylic acid groups (broad SMARTS) is 1. The summed E-state index contributed by atoms with van der Waals surface area (Å²) in [4.78, 5) is 9.32. The summed E-state index contributed by atoms with van der Waals surface area (Å²) in [7, 11) is -24.4.